The molecule has 0 saturated carbocycles. The Morgan fingerprint density at radius 3 is 2.20 bits per heavy atom. The van der Waals surface area contributed by atoms with Crippen LogP contribution in [-0.4, -0.2) is 4.98 Å². The van der Waals surface area contributed by atoms with Crippen molar-refractivity contribution in [2.45, 2.75) is 13.8 Å². The number of hydrogen-bond acceptors (Lipinski definition) is 0. The Labute approximate surface area is 91.5 Å². The van der Waals surface area contributed by atoms with Gasteiger partial charge in [-0.1, -0.05) is 50.8 Å². The van der Waals surface area contributed by atoms with Crippen LogP contribution in [-0.2, 0) is 0 Å². The molecule has 1 aromatic heterocycles. The monoisotopic (exact) mass is 199 g/mol. The third-order valence-corrected chi connectivity index (χ3v) is 2.05. The average molecular weight is 199 g/mol. The quantitative estimate of drug-likeness (QED) is 0.749. The molecule has 2 aromatic rings. The highest BCUT2D eigenvalue weighted by Gasteiger charge is 2.00. The Morgan fingerprint density at radius 1 is 1.00 bits per heavy atom. The number of benzene rings is 1. The van der Waals surface area contributed by atoms with Gasteiger partial charge >= 0.3 is 0 Å². The van der Waals surface area contributed by atoms with Crippen LogP contribution in [0.5, 0.6) is 0 Å². The van der Waals surface area contributed by atoms with E-state index in [-0.39, 0.29) is 0 Å². The van der Waals surface area contributed by atoms with Crippen LogP contribution in [0.1, 0.15) is 25.1 Å². The molecule has 0 aliphatic carbocycles. The maximum atomic E-state index is 4.04. The zero-order chi connectivity index (χ0) is 11.1. The number of rotatable bonds is 2. The molecule has 0 aliphatic heterocycles. The minimum Gasteiger partial charge on any atom is -0.361 e. The van der Waals surface area contributed by atoms with Crippen molar-refractivity contribution in [2.75, 3.05) is 0 Å². The van der Waals surface area contributed by atoms with Gasteiger partial charge in [-0.3, -0.25) is 0 Å². The van der Waals surface area contributed by atoms with Crippen molar-refractivity contribution in [1.29, 1.82) is 0 Å². The predicted octanol–water partition coefficient (Wildman–Crippen LogP) is 4.10. The van der Waals surface area contributed by atoms with Crippen LogP contribution < -0.4 is 0 Å². The summed E-state index contributed by atoms with van der Waals surface area (Å²) in [5.74, 6) is 0. The molecule has 1 aromatic carbocycles. The minimum absolute atomic E-state index is 1.03. The summed E-state index contributed by atoms with van der Waals surface area (Å²) in [6.07, 6.45) is 1.91. The smallest absolute Gasteiger partial charge is 0.0453 e. The molecule has 0 aliphatic rings. The lowest BCUT2D eigenvalue weighted by Gasteiger charge is -2.02. The molecule has 0 atom stereocenters. The van der Waals surface area contributed by atoms with Gasteiger partial charge in [-0.2, -0.15) is 0 Å². The topological polar surface area (TPSA) is 15.8 Å². The van der Waals surface area contributed by atoms with Crippen LogP contribution in [0.4, 0.5) is 0 Å². The molecular formula is C14H17N. The third-order valence-electron chi connectivity index (χ3n) is 2.05. The molecule has 0 radical (unpaired) electrons. The number of nitrogens with one attached hydrogen (secondary N) is 1. The molecule has 1 heterocycles. The highest BCUT2D eigenvalue weighted by atomic mass is 14.7. The first-order valence-electron chi connectivity index (χ1n) is 5.26. The predicted molar refractivity (Wildman–Crippen MR) is 66.7 cm³/mol. The van der Waals surface area contributed by atoms with E-state index >= 15 is 0 Å². The summed E-state index contributed by atoms with van der Waals surface area (Å²) in [4.78, 5) is 3.14. The van der Waals surface area contributed by atoms with E-state index in [0.29, 0.717) is 0 Å². The van der Waals surface area contributed by atoms with Crippen LogP contribution >= 0.6 is 0 Å². The summed E-state index contributed by atoms with van der Waals surface area (Å²) >= 11 is 0. The van der Waals surface area contributed by atoms with Crippen molar-refractivity contribution in [3.8, 4) is 0 Å². The van der Waals surface area contributed by atoms with E-state index < -0.39 is 0 Å². The van der Waals surface area contributed by atoms with E-state index in [0.717, 1.165) is 16.8 Å². The molecule has 0 bridgehead atoms. The fraction of sp³-hybridized carbons (Fsp3) is 0.143. The van der Waals surface area contributed by atoms with E-state index in [1.165, 1.54) is 0 Å². The van der Waals surface area contributed by atoms with Gasteiger partial charge in [-0.15, -0.1) is 0 Å². The van der Waals surface area contributed by atoms with E-state index in [9.17, 15) is 0 Å². The molecule has 0 fully saturated rings. The summed E-state index contributed by atoms with van der Waals surface area (Å²) in [6.45, 7) is 8.04. The van der Waals surface area contributed by atoms with Crippen molar-refractivity contribution in [2.24, 2.45) is 0 Å². The second kappa shape index (κ2) is 5.86. The van der Waals surface area contributed by atoms with Gasteiger partial charge in [0.1, 0.15) is 0 Å². The van der Waals surface area contributed by atoms with Crippen molar-refractivity contribution in [3.05, 3.63) is 66.5 Å². The summed E-state index contributed by atoms with van der Waals surface area (Å²) in [5, 5.41) is 0. The maximum absolute atomic E-state index is 4.04. The first-order chi connectivity index (χ1) is 7.38. The van der Waals surface area contributed by atoms with Crippen LogP contribution in [0.15, 0.2) is 55.2 Å². The Morgan fingerprint density at radius 2 is 1.67 bits per heavy atom. The van der Waals surface area contributed by atoms with Gasteiger partial charge in [0.05, 0.1) is 0 Å². The van der Waals surface area contributed by atoms with Gasteiger partial charge in [0.2, 0.25) is 0 Å². The lowest BCUT2D eigenvalue weighted by atomic mass is 10.1. The summed E-state index contributed by atoms with van der Waals surface area (Å²) in [6, 6.07) is 14.2. The van der Waals surface area contributed by atoms with E-state index in [2.05, 4.69) is 23.7 Å². The van der Waals surface area contributed by atoms with Gasteiger partial charge in [-0.25, -0.2) is 0 Å². The molecule has 15 heavy (non-hydrogen) atoms. The van der Waals surface area contributed by atoms with E-state index in [4.69, 9.17) is 0 Å². The van der Waals surface area contributed by atoms with Crippen molar-refractivity contribution < 1.29 is 0 Å². The van der Waals surface area contributed by atoms with Gasteiger partial charge in [0, 0.05) is 11.9 Å². The van der Waals surface area contributed by atoms with Crippen LogP contribution in [0.25, 0.3) is 5.57 Å². The molecule has 1 N–H and O–H groups in total. The lowest BCUT2D eigenvalue weighted by molar-refractivity contribution is 1.35. The Kier molecular flexibility index (Phi) is 4.42. The number of hydrogen-bond donors (Lipinski definition) is 1. The Balaban J connectivity index is 0.000000531. The Hall–Kier alpha value is -1.76. The highest BCUT2D eigenvalue weighted by Crippen LogP contribution is 2.18. The van der Waals surface area contributed by atoms with Gasteiger partial charge < -0.3 is 4.98 Å². The Bertz CT molecular complexity index is 385. The van der Waals surface area contributed by atoms with Crippen LogP contribution in [0.3, 0.4) is 0 Å². The van der Waals surface area contributed by atoms with Crippen molar-refractivity contribution in [3.63, 3.8) is 0 Å². The average Bonchev–Trinajstić information content (AvgIpc) is 2.85. The van der Waals surface area contributed by atoms with E-state index in [1.54, 1.807) is 0 Å². The molecule has 1 nitrogen and oxygen atoms in total. The lowest BCUT2D eigenvalue weighted by Crippen LogP contribution is -1.84. The van der Waals surface area contributed by atoms with E-state index in [1.807, 2.05) is 50.4 Å². The van der Waals surface area contributed by atoms with Crippen LogP contribution in [0, 0.1) is 0 Å². The molecule has 78 valence electrons. The molecule has 0 spiro atoms. The highest BCUT2D eigenvalue weighted by molar-refractivity contribution is 5.75. The molecule has 0 unspecified atom stereocenters. The SMILES string of the molecule is C=C(c1ccccc1)c1ccc[nH]1.CC. The molecule has 2 rings (SSSR count). The second-order valence-electron chi connectivity index (χ2n) is 2.93. The van der Waals surface area contributed by atoms with Gasteiger partial charge in [0.25, 0.3) is 0 Å². The largest absolute Gasteiger partial charge is 0.361 e. The van der Waals surface area contributed by atoms with Gasteiger partial charge in [0.15, 0.2) is 0 Å². The fourth-order valence-electron chi connectivity index (χ4n) is 1.31. The van der Waals surface area contributed by atoms with Crippen molar-refractivity contribution in [1.82, 2.24) is 4.98 Å². The first-order valence-corrected chi connectivity index (χ1v) is 5.26. The standard InChI is InChI=1S/C12H11N.C2H6/c1-10(12-8-5-9-13-12)11-6-3-2-4-7-11;1-2/h2-9,13H,1H2;1-2H3. The molecule has 0 amide bonds. The molecule has 0 saturated heterocycles. The maximum Gasteiger partial charge on any atom is 0.0453 e. The number of H-pyrrole nitrogens is 1. The summed E-state index contributed by atoms with van der Waals surface area (Å²) in [7, 11) is 0. The normalized spacial score (nSPS) is 8.93. The fourth-order valence-corrected chi connectivity index (χ4v) is 1.31. The van der Waals surface area contributed by atoms with Gasteiger partial charge in [-0.05, 0) is 23.3 Å². The van der Waals surface area contributed by atoms with Crippen molar-refractivity contribution >= 4 is 5.57 Å². The first kappa shape index (κ1) is 11.3. The number of aromatic amines is 1. The second-order valence-corrected chi connectivity index (χ2v) is 2.93. The molecular weight excluding hydrogens is 182 g/mol. The minimum atomic E-state index is 1.03. The zero-order valence-corrected chi connectivity index (χ0v) is 9.33. The number of aromatic nitrogens is 1. The van der Waals surface area contributed by atoms with Crippen LogP contribution in [0.2, 0.25) is 0 Å². The zero-order valence-electron chi connectivity index (χ0n) is 9.33. The summed E-state index contributed by atoms with van der Waals surface area (Å²) < 4.78 is 0. The molecule has 1 heteroatoms. The summed E-state index contributed by atoms with van der Waals surface area (Å²) in [5.41, 5.74) is 3.27. The third kappa shape index (κ3) is 2.84.